The van der Waals surface area contributed by atoms with Crippen molar-refractivity contribution >= 4 is 11.8 Å². The molecule has 166 valence electrons. The molecule has 0 aromatic heterocycles. The van der Waals surface area contributed by atoms with Crippen molar-refractivity contribution in [3.05, 3.63) is 107 Å². The lowest BCUT2D eigenvalue weighted by molar-refractivity contribution is 0.0937. The molecule has 4 heteroatoms. The van der Waals surface area contributed by atoms with Crippen molar-refractivity contribution in [1.82, 2.24) is 10.6 Å². The first-order valence-electron chi connectivity index (χ1n) is 11.3. The molecule has 2 atom stereocenters. The monoisotopic (exact) mass is 428 g/mol. The Kier molecular flexibility index (Phi) is 8.61. The number of hydrogen-bond acceptors (Lipinski definition) is 2. The minimum atomic E-state index is -0.155. The van der Waals surface area contributed by atoms with Crippen LogP contribution in [-0.2, 0) is 12.8 Å². The van der Waals surface area contributed by atoms with Crippen molar-refractivity contribution in [2.24, 2.45) is 0 Å². The fourth-order valence-electron chi connectivity index (χ4n) is 3.62. The summed E-state index contributed by atoms with van der Waals surface area (Å²) in [5, 5.41) is 6.08. The Hall–Kier alpha value is -3.40. The van der Waals surface area contributed by atoms with E-state index in [0.29, 0.717) is 11.1 Å². The van der Waals surface area contributed by atoms with Gasteiger partial charge in [0.05, 0.1) is 0 Å². The highest BCUT2D eigenvalue weighted by Gasteiger charge is 2.14. The molecule has 0 aliphatic heterocycles. The maximum absolute atomic E-state index is 12.7. The van der Waals surface area contributed by atoms with E-state index in [4.69, 9.17) is 0 Å². The largest absolute Gasteiger partial charge is 0.350 e. The number of carbonyl (C=O) groups excluding carboxylic acids is 2. The summed E-state index contributed by atoms with van der Waals surface area (Å²) in [5.74, 6) is -0.310. The quantitative estimate of drug-likeness (QED) is 0.467. The highest BCUT2D eigenvalue weighted by Crippen LogP contribution is 2.10. The van der Waals surface area contributed by atoms with Crippen LogP contribution in [0.3, 0.4) is 0 Å². The zero-order valence-electron chi connectivity index (χ0n) is 18.9. The first-order valence-corrected chi connectivity index (χ1v) is 11.3. The molecule has 0 fully saturated rings. The van der Waals surface area contributed by atoms with Gasteiger partial charge in [0.2, 0.25) is 0 Å². The van der Waals surface area contributed by atoms with E-state index < -0.39 is 0 Å². The zero-order chi connectivity index (χ0) is 22.8. The number of benzene rings is 3. The highest BCUT2D eigenvalue weighted by atomic mass is 16.2. The summed E-state index contributed by atoms with van der Waals surface area (Å²) in [6.07, 6.45) is 3.53. The summed E-state index contributed by atoms with van der Waals surface area (Å²) in [4.78, 5) is 25.4. The summed E-state index contributed by atoms with van der Waals surface area (Å²) < 4.78 is 0. The molecule has 0 radical (unpaired) electrons. The van der Waals surface area contributed by atoms with Crippen LogP contribution in [0, 0.1) is 0 Å². The van der Waals surface area contributed by atoms with Crippen LogP contribution >= 0.6 is 0 Å². The molecule has 0 saturated carbocycles. The molecule has 4 nitrogen and oxygen atoms in total. The summed E-state index contributed by atoms with van der Waals surface area (Å²) in [5.41, 5.74) is 3.52. The van der Waals surface area contributed by atoms with E-state index in [2.05, 4.69) is 34.9 Å². The number of carbonyl (C=O) groups is 2. The second kappa shape index (κ2) is 11.8. The van der Waals surface area contributed by atoms with Crippen molar-refractivity contribution in [3.63, 3.8) is 0 Å². The molecule has 0 aliphatic carbocycles. The molecule has 2 unspecified atom stereocenters. The number of nitrogens with one attached hydrogen (secondary N) is 2. The van der Waals surface area contributed by atoms with Crippen LogP contribution in [0.4, 0.5) is 0 Å². The van der Waals surface area contributed by atoms with Crippen molar-refractivity contribution in [2.45, 2.75) is 51.6 Å². The number of hydrogen-bond donors (Lipinski definition) is 2. The third-order valence-corrected chi connectivity index (χ3v) is 5.56. The number of rotatable bonds is 10. The first kappa shape index (κ1) is 23.3. The van der Waals surface area contributed by atoms with Gasteiger partial charge in [0, 0.05) is 23.2 Å². The summed E-state index contributed by atoms with van der Waals surface area (Å²) in [7, 11) is 0. The number of amides is 2. The normalized spacial score (nSPS) is 12.6. The van der Waals surface area contributed by atoms with Gasteiger partial charge in [-0.25, -0.2) is 0 Å². The van der Waals surface area contributed by atoms with Gasteiger partial charge in [-0.3, -0.25) is 9.59 Å². The molecule has 0 saturated heterocycles. The first-order chi connectivity index (χ1) is 15.5. The third kappa shape index (κ3) is 7.38. The molecule has 0 spiro atoms. The second-order valence-electron chi connectivity index (χ2n) is 8.38. The Morgan fingerprint density at radius 3 is 1.44 bits per heavy atom. The van der Waals surface area contributed by atoms with Gasteiger partial charge in [0.15, 0.2) is 0 Å². The third-order valence-electron chi connectivity index (χ3n) is 5.56. The SMILES string of the molecule is CC(CCc1ccccc1)NC(=O)c1cccc(C(=O)NC(C)CCc2ccccc2)c1. The molecule has 0 bridgehead atoms. The maximum Gasteiger partial charge on any atom is 0.251 e. The van der Waals surface area contributed by atoms with E-state index in [0.717, 1.165) is 25.7 Å². The molecule has 2 amide bonds. The van der Waals surface area contributed by atoms with Gasteiger partial charge < -0.3 is 10.6 Å². The Labute approximate surface area is 191 Å². The summed E-state index contributed by atoms with van der Waals surface area (Å²) >= 11 is 0. The van der Waals surface area contributed by atoms with Crippen LogP contribution in [0.1, 0.15) is 58.5 Å². The van der Waals surface area contributed by atoms with Gasteiger partial charge in [-0.2, -0.15) is 0 Å². The van der Waals surface area contributed by atoms with Gasteiger partial charge in [0.25, 0.3) is 11.8 Å². The molecule has 3 aromatic rings. The Morgan fingerprint density at radius 1 is 0.625 bits per heavy atom. The van der Waals surface area contributed by atoms with Crippen LogP contribution in [0.15, 0.2) is 84.9 Å². The fourth-order valence-corrected chi connectivity index (χ4v) is 3.62. The van der Waals surface area contributed by atoms with Crippen molar-refractivity contribution in [2.75, 3.05) is 0 Å². The Balaban J connectivity index is 1.49. The maximum atomic E-state index is 12.7. The molecule has 0 heterocycles. The van der Waals surface area contributed by atoms with Gasteiger partial charge in [0.1, 0.15) is 0 Å². The van der Waals surface area contributed by atoms with E-state index in [1.165, 1.54) is 11.1 Å². The topological polar surface area (TPSA) is 58.2 Å². The van der Waals surface area contributed by atoms with Crippen LogP contribution in [0.25, 0.3) is 0 Å². The predicted octanol–water partition coefficient (Wildman–Crippen LogP) is 5.19. The predicted molar refractivity (Wildman–Crippen MR) is 130 cm³/mol. The van der Waals surface area contributed by atoms with Crippen LogP contribution in [-0.4, -0.2) is 23.9 Å². The standard InChI is InChI=1S/C28H32N2O2/c1-21(16-18-23-10-5-3-6-11-23)29-27(31)25-14-9-15-26(20-25)28(32)30-22(2)17-19-24-12-7-4-8-13-24/h3-15,20-22H,16-19H2,1-2H3,(H,29,31)(H,30,32). The fraction of sp³-hybridized carbons (Fsp3) is 0.286. The molecule has 0 aliphatic rings. The van der Waals surface area contributed by atoms with E-state index in [1.807, 2.05) is 50.2 Å². The van der Waals surface area contributed by atoms with E-state index in [1.54, 1.807) is 24.3 Å². The van der Waals surface area contributed by atoms with Crippen molar-refractivity contribution in [3.8, 4) is 0 Å². The average molecular weight is 429 g/mol. The average Bonchev–Trinajstić information content (AvgIpc) is 2.83. The van der Waals surface area contributed by atoms with Crippen molar-refractivity contribution < 1.29 is 9.59 Å². The molecule has 3 rings (SSSR count). The van der Waals surface area contributed by atoms with Crippen molar-refractivity contribution in [1.29, 1.82) is 0 Å². The lowest BCUT2D eigenvalue weighted by Crippen LogP contribution is -2.34. The van der Waals surface area contributed by atoms with E-state index >= 15 is 0 Å². The van der Waals surface area contributed by atoms with E-state index in [9.17, 15) is 9.59 Å². The highest BCUT2D eigenvalue weighted by molar-refractivity contribution is 5.99. The van der Waals surface area contributed by atoms with Crippen LogP contribution < -0.4 is 10.6 Å². The number of aryl methyl sites for hydroxylation is 2. The Morgan fingerprint density at radius 2 is 1.03 bits per heavy atom. The zero-order valence-corrected chi connectivity index (χ0v) is 18.9. The molecule has 2 N–H and O–H groups in total. The van der Waals surface area contributed by atoms with E-state index in [-0.39, 0.29) is 23.9 Å². The molecule has 3 aromatic carbocycles. The molecule has 32 heavy (non-hydrogen) atoms. The lowest BCUT2D eigenvalue weighted by Gasteiger charge is -2.16. The van der Waals surface area contributed by atoms with Crippen LogP contribution in [0.2, 0.25) is 0 Å². The van der Waals surface area contributed by atoms with Gasteiger partial charge in [-0.1, -0.05) is 66.7 Å². The summed E-state index contributed by atoms with van der Waals surface area (Å²) in [6.45, 7) is 4.01. The van der Waals surface area contributed by atoms with Gasteiger partial charge in [-0.15, -0.1) is 0 Å². The van der Waals surface area contributed by atoms with Crippen LogP contribution in [0.5, 0.6) is 0 Å². The lowest BCUT2D eigenvalue weighted by atomic mass is 10.0. The molecular formula is C28H32N2O2. The second-order valence-corrected chi connectivity index (χ2v) is 8.38. The minimum absolute atomic E-state index is 0.0400. The van der Waals surface area contributed by atoms with Gasteiger partial charge >= 0.3 is 0 Å². The smallest absolute Gasteiger partial charge is 0.251 e. The minimum Gasteiger partial charge on any atom is -0.350 e. The Bertz CT molecular complexity index is 923. The van der Waals surface area contributed by atoms with Gasteiger partial charge in [-0.05, 0) is 68.9 Å². The molecular weight excluding hydrogens is 396 g/mol. The summed E-state index contributed by atoms with van der Waals surface area (Å²) in [6, 6.07) is 27.5.